The molecule has 0 aliphatic carbocycles. The van der Waals surface area contributed by atoms with Crippen molar-refractivity contribution in [2.45, 2.75) is 27.2 Å². The van der Waals surface area contributed by atoms with E-state index in [-0.39, 0.29) is 0 Å². The van der Waals surface area contributed by atoms with E-state index in [2.05, 4.69) is 27.4 Å². The first-order chi connectivity index (χ1) is 13.1. The predicted molar refractivity (Wildman–Crippen MR) is 106 cm³/mol. The normalized spacial score (nSPS) is 11.1. The Bertz CT molecular complexity index is 1080. The fourth-order valence-electron chi connectivity index (χ4n) is 2.91. The first-order valence-corrected chi connectivity index (χ1v) is 9.01. The van der Waals surface area contributed by atoms with E-state index >= 15 is 0 Å². The van der Waals surface area contributed by atoms with Gasteiger partial charge in [0, 0.05) is 29.6 Å². The van der Waals surface area contributed by atoms with Gasteiger partial charge in [-0.2, -0.15) is 5.10 Å². The van der Waals surface area contributed by atoms with E-state index < -0.39 is 0 Å². The van der Waals surface area contributed by atoms with Crippen LogP contribution < -0.4 is 10.1 Å². The number of hydrogen-bond acceptors (Lipinski definition) is 5. The second-order valence-electron chi connectivity index (χ2n) is 6.51. The molecule has 0 aliphatic heterocycles. The van der Waals surface area contributed by atoms with Crippen molar-refractivity contribution < 1.29 is 4.74 Å². The average molecular weight is 362 g/mol. The van der Waals surface area contributed by atoms with Crippen LogP contribution in [0.15, 0.2) is 42.6 Å². The molecular formula is C20H22N6O. The van der Waals surface area contributed by atoms with Gasteiger partial charge in [-0.25, -0.2) is 9.97 Å². The van der Waals surface area contributed by atoms with Gasteiger partial charge in [0.1, 0.15) is 11.4 Å². The molecule has 1 aromatic carbocycles. The molecule has 138 valence electrons. The standard InChI is InChI=1S/C20H22N6O/c1-4-8-27-16-7-5-6-15(10-16)17-11-19-21-14(3)12-26(19)20(22-17)23-18-9-13(2)24-25-18/h5-7,9-12H,4,8H2,1-3H3,(H2,22,23,24,25). The second-order valence-corrected chi connectivity index (χ2v) is 6.51. The number of anilines is 2. The molecule has 0 unspecified atom stereocenters. The molecule has 0 saturated carbocycles. The zero-order valence-corrected chi connectivity index (χ0v) is 15.7. The summed E-state index contributed by atoms with van der Waals surface area (Å²) in [5.74, 6) is 2.22. The van der Waals surface area contributed by atoms with Crippen LogP contribution in [-0.4, -0.2) is 31.2 Å². The molecule has 4 rings (SSSR count). The van der Waals surface area contributed by atoms with E-state index in [4.69, 9.17) is 9.72 Å². The second kappa shape index (κ2) is 7.11. The van der Waals surface area contributed by atoms with Crippen molar-refractivity contribution in [1.29, 1.82) is 0 Å². The highest BCUT2D eigenvalue weighted by atomic mass is 16.5. The number of nitrogens with one attached hydrogen (secondary N) is 2. The molecule has 0 amide bonds. The minimum atomic E-state index is 0.662. The van der Waals surface area contributed by atoms with Crippen molar-refractivity contribution in [1.82, 2.24) is 24.6 Å². The lowest BCUT2D eigenvalue weighted by molar-refractivity contribution is 0.317. The number of rotatable bonds is 6. The summed E-state index contributed by atoms with van der Waals surface area (Å²) in [5, 5.41) is 10.5. The molecule has 7 heteroatoms. The van der Waals surface area contributed by atoms with E-state index in [1.165, 1.54) is 0 Å². The maximum absolute atomic E-state index is 5.76. The summed E-state index contributed by atoms with van der Waals surface area (Å²) in [4.78, 5) is 9.42. The molecule has 0 radical (unpaired) electrons. The number of hydrogen-bond donors (Lipinski definition) is 2. The van der Waals surface area contributed by atoms with Crippen molar-refractivity contribution in [3.63, 3.8) is 0 Å². The molecule has 3 aromatic heterocycles. The van der Waals surface area contributed by atoms with Gasteiger partial charge in [0.15, 0.2) is 5.82 Å². The quantitative estimate of drug-likeness (QED) is 0.535. The van der Waals surface area contributed by atoms with Gasteiger partial charge < -0.3 is 10.1 Å². The minimum absolute atomic E-state index is 0.662. The molecule has 3 heterocycles. The summed E-state index contributed by atoms with van der Waals surface area (Å²) in [5.41, 5.74) is 4.53. The fraction of sp³-hybridized carbons (Fsp3) is 0.250. The van der Waals surface area contributed by atoms with Crippen LogP contribution in [0, 0.1) is 13.8 Å². The molecule has 27 heavy (non-hydrogen) atoms. The Labute approximate surface area is 157 Å². The van der Waals surface area contributed by atoms with Gasteiger partial charge >= 0.3 is 0 Å². The SMILES string of the molecule is CCCOc1cccc(-c2cc3nc(C)cn3c(Nc3cc(C)[nH]n3)n2)c1. The average Bonchev–Trinajstić information content (AvgIpc) is 3.24. The molecule has 0 atom stereocenters. The summed E-state index contributed by atoms with van der Waals surface area (Å²) < 4.78 is 7.69. The van der Waals surface area contributed by atoms with Gasteiger partial charge in [-0.3, -0.25) is 9.50 Å². The Morgan fingerprint density at radius 2 is 2.04 bits per heavy atom. The number of H-pyrrole nitrogens is 1. The predicted octanol–water partition coefficient (Wildman–Crippen LogP) is 4.27. The summed E-state index contributed by atoms with van der Waals surface area (Å²) in [6.07, 6.45) is 2.92. The van der Waals surface area contributed by atoms with Crippen LogP contribution in [0.25, 0.3) is 16.9 Å². The topological polar surface area (TPSA) is 80.1 Å². The van der Waals surface area contributed by atoms with Crippen LogP contribution in [0.2, 0.25) is 0 Å². The highest BCUT2D eigenvalue weighted by molar-refractivity contribution is 5.68. The highest BCUT2D eigenvalue weighted by Gasteiger charge is 2.12. The molecule has 4 aromatic rings. The third kappa shape index (κ3) is 3.62. The van der Waals surface area contributed by atoms with Gasteiger partial charge in [0.25, 0.3) is 0 Å². The van der Waals surface area contributed by atoms with E-state index in [1.807, 2.05) is 60.8 Å². The summed E-state index contributed by atoms with van der Waals surface area (Å²) in [7, 11) is 0. The van der Waals surface area contributed by atoms with Crippen molar-refractivity contribution >= 4 is 17.4 Å². The maximum Gasteiger partial charge on any atom is 0.215 e. The van der Waals surface area contributed by atoms with E-state index in [0.29, 0.717) is 18.4 Å². The molecular weight excluding hydrogens is 340 g/mol. The third-order valence-electron chi connectivity index (χ3n) is 4.12. The summed E-state index contributed by atoms with van der Waals surface area (Å²) >= 11 is 0. The zero-order chi connectivity index (χ0) is 18.8. The largest absolute Gasteiger partial charge is 0.494 e. The summed E-state index contributed by atoms with van der Waals surface area (Å²) in [6, 6.07) is 11.9. The number of benzene rings is 1. The van der Waals surface area contributed by atoms with Gasteiger partial charge in [-0.1, -0.05) is 19.1 Å². The van der Waals surface area contributed by atoms with Crippen molar-refractivity contribution in [2.24, 2.45) is 0 Å². The minimum Gasteiger partial charge on any atom is -0.494 e. The van der Waals surface area contributed by atoms with Crippen LogP contribution >= 0.6 is 0 Å². The maximum atomic E-state index is 5.76. The lowest BCUT2D eigenvalue weighted by atomic mass is 10.1. The van der Waals surface area contributed by atoms with Gasteiger partial charge in [0.2, 0.25) is 5.95 Å². The first kappa shape index (κ1) is 17.1. The van der Waals surface area contributed by atoms with Crippen LogP contribution in [0.3, 0.4) is 0 Å². The molecule has 0 fully saturated rings. The number of aryl methyl sites for hydroxylation is 2. The number of aromatic amines is 1. The van der Waals surface area contributed by atoms with Crippen LogP contribution in [0.1, 0.15) is 24.7 Å². The zero-order valence-electron chi connectivity index (χ0n) is 15.7. The Hall–Kier alpha value is -3.35. The molecule has 0 saturated heterocycles. The molecule has 0 spiro atoms. The fourth-order valence-corrected chi connectivity index (χ4v) is 2.91. The molecule has 2 N–H and O–H groups in total. The lowest BCUT2D eigenvalue weighted by Gasteiger charge is -2.10. The molecule has 7 nitrogen and oxygen atoms in total. The summed E-state index contributed by atoms with van der Waals surface area (Å²) in [6.45, 7) is 6.71. The number of aromatic nitrogens is 5. The Balaban J connectivity index is 1.77. The van der Waals surface area contributed by atoms with E-state index in [9.17, 15) is 0 Å². The highest BCUT2D eigenvalue weighted by Crippen LogP contribution is 2.26. The lowest BCUT2D eigenvalue weighted by Crippen LogP contribution is -2.03. The van der Waals surface area contributed by atoms with Crippen molar-refractivity contribution in [3.8, 4) is 17.0 Å². The molecule has 0 aliphatic rings. The Morgan fingerprint density at radius 1 is 1.15 bits per heavy atom. The van der Waals surface area contributed by atoms with Crippen LogP contribution in [-0.2, 0) is 0 Å². The Kier molecular flexibility index (Phi) is 4.50. The van der Waals surface area contributed by atoms with Crippen LogP contribution in [0.4, 0.5) is 11.8 Å². The Morgan fingerprint density at radius 3 is 2.81 bits per heavy atom. The smallest absolute Gasteiger partial charge is 0.215 e. The number of imidazole rings is 1. The van der Waals surface area contributed by atoms with E-state index in [0.717, 1.165) is 40.5 Å². The first-order valence-electron chi connectivity index (χ1n) is 9.01. The van der Waals surface area contributed by atoms with Gasteiger partial charge in [0.05, 0.1) is 18.0 Å². The van der Waals surface area contributed by atoms with Crippen LogP contribution in [0.5, 0.6) is 5.75 Å². The number of fused-ring (bicyclic) bond motifs is 1. The number of nitrogens with zero attached hydrogens (tertiary/aromatic N) is 4. The van der Waals surface area contributed by atoms with Gasteiger partial charge in [-0.15, -0.1) is 0 Å². The number of ether oxygens (including phenoxy) is 1. The van der Waals surface area contributed by atoms with Gasteiger partial charge in [-0.05, 0) is 32.4 Å². The third-order valence-corrected chi connectivity index (χ3v) is 4.12. The van der Waals surface area contributed by atoms with Crippen molar-refractivity contribution in [2.75, 3.05) is 11.9 Å². The monoisotopic (exact) mass is 362 g/mol. The molecule has 0 bridgehead atoms. The van der Waals surface area contributed by atoms with E-state index in [1.54, 1.807) is 0 Å². The van der Waals surface area contributed by atoms with Crippen molar-refractivity contribution in [3.05, 3.63) is 54.0 Å².